The van der Waals surface area contributed by atoms with Gasteiger partial charge < -0.3 is 5.43 Å². The molecule has 2 aromatic heterocycles. The number of para-hydroxylation sites is 1. The second-order valence-electron chi connectivity index (χ2n) is 4.53. The number of nitrogens with two attached hydrogens (primary N) is 1. The zero-order valence-electron chi connectivity index (χ0n) is 11.2. The van der Waals surface area contributed by atoms with Crippen molar-refractivity contribution in [3.8, 4) is 5.82 Å². The van der Waals surface area contributed by atoms with Gasteiger partial charge in [0, 0.05) is 10.9 Å². The van der Waals surface area contributed by atoms with Crippen LogP contribution >= 0.6 is 0 Å². The van der Waals surface area contributed by atoms with Crippen LogP contribution in [0.15, 0.2) is 36.8 Å². The molecular weight excluding hydrogens is 252 g/mol. The number of hydrogen-bond acceptors (Lipinski definition) is 5. The SMILES string of the molecule is CCCc1c(NN)ncnc1-n1ncc2ccccc21. The minimum absolute atomic E-state index is 0.649. The number of nitrogen functional groups attached to an aromatic ring is 1. The molecule has 6 nitrogen and oxygen atoms in total. The fourth-order valence-electron chi connectivity index (χ4n) is 2.33. The zero-order chi connectivity index (χ0) is 13.9. The summed E-state index contributed by atoms with van der Waals surface area (Å²) >= 11 is 0. The summed E-state index contributed by atoms with van der Waals surface area (Å²) in [5.41, 5.74) is 4.64. The largest absolute Gasteiger partial charge is 0.308 e. The van der Waals surface area contributed by atoms with E-state index >= 15 is 0 Å². The van der Waals surface area contributed by atoms with E-state index in [9.17, 15) is 0 Å². The highest BCUT2D eigenvalue weighted by atomic mass is 15.3. The van der Waals surface area contributed by atoms with Crippen LogP contribution in [-0.4, -0.2) is 19.7 Å². The van der Waals surface area contributed by atoms with Crippen molar-refractivity contribution in [2.45, 2.75) is 19.8 Å². The van der Waals surface area contributed by atoms with Crippen LogP contribution in [0.3, 0.4) is 0 Å². The maximum absolute atomic E-state index is 5.55. The maximum atomic E-state index is 5.55. The van der Waals surface area contributed by atoms with Crippen LogP contribution in [0.4, 0.5) is 5.82 Å². The van der Waals surface area contributed by atoms with Crippen LogP contribution in [0.5, 0.6) is 0 Å². The molecule has 102 valence electrons. The van der Waals surface area contributed by atoms with Gasteiger partial charge in [-0.25, -0.2) is 20.5 Å². The molecule has 0 amide bonds. The average molecular weight is 268 g/mol. The Morgan fingerprint density at radius 1 is 1.25 bits per heavy atom. The predicted molar refractivity (Wildman–Crippen MR) is 78.5 cm³/mol. The summed E-state index contributed by atoms with van der Waals surface area (Å²) in [6, 6.07) is 8.04. The Labute approximate surface area is 116 Å². The van der Waals surface area contributed by atoms with Gasteiger partial charge in [-0.3, -0.25) is 0 Å². The second kappa shape index (κ2) is 5.26. The van der Waals surface area contributed by atoms with Crippen molar-refractivity contribution in [3.63, 3.8) is 0 Å². The molecule has 3 rings (SSSR count). The van der Waals surface area contributed by atoms with Crippen molar-refractivity contribution < 1.29 is 0 Å². The molecular formula is C14H16N6. The summed E-state index contributed by atoms with van der Waals surface area (Å²) in [4.78, 5) is 8.57. The molecule has 0 aliphatic rings. The molecule has 0 saturated carbocycles. The topological polar surface area (TPSA) is 81.6 Å². The Morgan fingerprint density at radius 2 is 2.10 bits per heavy atom. The van der Waals surface area contributed by atoms with Crippen LogP contribution in [0, 0.1) is 0 Å². The third-order valence-electron chi connectivity index (χ3n) is 3.24. The number of benzene rings is 1. The Morgan fingerprint density at radius 3 is 2.90 bits per heavy atom. The smallest absolute Gasteiger partial charge is 0.162 e. The summed E-state index contributed by atoms with van der Waals surface area (Å²) in [6.45, 7) is 2.11. The molecule has 0 fully saturated rings. The van der Waals surface area contributed by atoms with E-state index in [0.717, 1.165) is 35.1 Å². The zero-order valence-corrected chi connectivity index (χ0v) is 11.2. The number of nitrogens with one attached hydrogen (secondary N) is 1. The van der Waals surface area contributed by atoms with Crippen LogP contribution in [0.1, 0.15) is 18.9 Å². The van der Waals surface area contributed by atoms with Gasteiger partial charge >= 0.3 is 0 Å². The van der Waals surface area contributed by atoms with E-state index in [-0.39, 0.29) is 0 Å². The van der Waals surface area contributed by atoms with Gasteiger partial charge in [0.2, 0.25) is 0 Å². The highest BCUT2D eigenvalue weighted by molar-refractivity contribution is 5.80. The first-order valence-electron chi connectivity index (χ1n) is 6.58. The van der Waals surface area contributed by atoms with E-state index in [1.807, 2.05) is 35.1 Å². The lowest BCUT2D eigenvalue weighted by Crippen LogP contribution is -2.14. The molecule has 0 aliphatic heterocycles. The first-order chi connectivity index (χ1) is 9.85. The maximum Gasteiger partial charge on any atom is 0.162 e. The van der Waals surface area contributed by atoms with Crippen molar-refractivity contribution in [2.24, 2.45) is 5.84 Å². The Kier molecular flexibility index (Phi) is 3.30. The standard InChI is InChI=1S/C14H16N6/c1-2-5-11-13(19-15)16-9-17-14(11)20-12-7-4-3-6-10(12)8-18-20/h3-4,6-9H,2,5,15H2,1H3,(H,16,17,19). The quantitative estimate of drug-likeness (QED) is 0.559. The van der Waals surface area contributed by atoms with Crippen molar-refractivity contribution in [1.29, 1.82) is 0 Å². The summed E-state index contributed by atoms with van der Waals surface area (Å²) in [5.74, 6) is 6.97. The fraction of sp³-hybridized carbons (Fsp3) is 0.214. The number of hydrazine groups is 1. The normalized spacial score (nSPS) is 10.9. The van der Waals surface area contributed by atoms with E-state index in [1.54, 1.807) is 0 Å². The lowest BCUT2D eigenvalue weighted by molar-refractivity contribution is 0.817. The van der Waals surface area contributed by atoms with E-state index in [1.165, 1.54) is 6.33 Å². The van der Waals surface area contributed by atoms with Crippen molar-refractivity contribution >= 4 is 16.7 Å². The molecule has 3 N–H and O–H groups in total. The number of fused-ring (bicyclic) bond motifs is 1. The number of anilines is 1. The van der Waals surface area contributed by atoms with Crippen LogP contribution in [-0.2, 0) is 6.42 Å². The summed E-state index contributed by atoms with van der Waals surface area (Å²) in [7, 11) is 0. The molecule has 0 aliphatic carbocycles. The highest BCUT2D eigenvalue weighted by Crippen LogP contribution is 2.23. The van der Waals surface area contributed by atoms with E-state index in [0.29, 0.717) is 5.82 Å². The third-order valence-corrected chi connectivity index (χ3v) is 3.24. The summed E-state index contributed by atoms with van der Waals surface area (Å²) in [5, 5.41) is 5.52. The number of nitrogens with zero attached hydrogens (tertiary/aromatic N) is 4. The van der Waals surface area contributed by atoms with Crippen molar-refractivity contribution in [3.05, 3.63) is 42.4 Å². The number of rotatable bonds is 4. The van der Waals surface area contributed by atoms with Crippen LogP contribution < -0.4 is 11.3 Å². The van der Waals surface area contributed by atoms with Crippen molar-refractivity contribution in [2.75, 3.05) is 5.43 Å². The first-order valence-corrected chi connectivity index (χ1v) is 6.58. The molecule has 0 saturated heterocycles. The molecule has 3 aromatic rings. The molecule has 1 aromatic carbocycles. The van der Waals surface area contributed by atoms with Gasteiger partial charge in [0.05, 0.1) is 11.7 Å². The lowest BCUT2D eigenvalue weighted by Gasteiger charge is -2.12. The Bertz CT molecular complexity index is 733. The monoisotopic (exact) mass is 268 g/mol. The molecule has 0 atom stereocenters. The molecule has 0 unspecified atom stereocenters. The highest BCUT2D eigenvalue weighted by Gasteiger charge is 2.14. The summed E-state index contributed by atoms with van der Waals surface area (Å²) < 4.78 is 1.84. The molecule has 20 heavy (non-hydrogen) atoms. The Balaban J connectivity index is 2.23. The molecule has 2 heterocycles. The summed E-state index contributed by atoms with van der Waals surface area (Å²) in [6.07, 6.45) is 5.15. The van der Waals surface area contributed by atoms with E-state index in [2.05, 4.69) is 27.4 Å². The minimum Gasteiger partial charge on any atom is -0.308 e. The molecule has 0 spiro atoms. The van der Waals surface area contributed by atoms with Gasteiger partial charge in [-0.15, -0.1) is 0 Å². The lowest BCUT2D eigenvalue weighted by atomic mass is 10.1. The van der Waals surface area contributed by atoms with Crippen LogP contribution in [0.2, 0.25) is 0 Å². The third kappa shape index (κ3) is 2.00. The van der Waals surface area contributed by atoms with Gasteiger partial charge in [-0.05, 0) is 12.5 Å². The van der Waals surface area contributed by atoms with E-state index in [4.69, 9.17) is 5.84 Å². The predicted octanol–water partition coefficient (Wildman–Crippen LogP) is 2.05. The van der Waals surface area contributed by atoms with Gasteiger partial charge in [-0.1, -0.05) is 31.5 Å². The van der Waals surface area contributed by atoms with E-state index < -0.39 is 0 Å². The van der Waals surface area contributed by atoms with Crippen molar-refractivity contribution in [1.82, 2.24) is 19.7 Å². The number of hydrogen-bond donors (Lipinski definition) is 2. The van der Waals surface area contributed by atoms with Gasteiger partial charge in [0.15, 0.2) is 5.82 Å². The van der Waals surface area contributed by atoms with Crippen LogP contribution in [0.25, 0.3) is 16.7 Å². The first kappa shape index (κ1) is 12.6. The molecule has 0 bridgehead atoms. The molecule has 6 heteroatoms. The minimum atomic E-state index is 0.649. The average Bonchev–Trinajstić information content (AvgIpc) is 2.92. The van der Waals surface area contributed by atoms with Gasteiger partial charge in [-0.2, -0.15) is 5.10 Å². The Hall–Kier alpha value is -2.47. The second-order valence-corrected chi connectivity index (χ2v) is 4.53. The molecule has 0 radical (unpaired) electrons. The van der Waals surface area contributed by atoms with Gasteiger partial charge in [0.25, 0.3) is 0 Å². The fourth-order valence-corrected chi connectivity index (χ4v) is 2.33. The van der Waals surface area contributed by atoms with Gasteiger partial charge in [0.1, 0.15) is 12.1 Å². The number of aromatic nitrogens is 4.